The van der Waals surface area contributed by atoms with Gasteiger partial charge >= 0.3 is 0 Å². The monoisotopic (exact) mass is 282 g/mol. The molecule has 0 atom stereocenters. The number of carbonyl (C=O) groups excluding carboxylic acids is 1. The van der Waals surface area contributed by atoms with Crippen molar-refractivity contribution in [3.05, 3.63) is 60.4 Å². The Kier molecular flexibility index (Phi) is 3.42. The molecule has 0 aliphatic heterocycles. The van der Waals surface area contributed by atoms with Crippen LogP contribution in [0.3, 0.4) is 0 Å². The van der Waals surface area contributed by atoms with Crippen LogP contribution in [-0.4, -0.2) is 15.9 Å². The summed E-state index contributed by atoms with van der Waals surface area (Å²) in [5.74, 6) is -0.562. The van der Waals surface area contributed by atoms with Crippen molar-refractivity contribution >= 4 is 28.3 Å². The van der Waals surface area contributed by atoms with Crippen LogP contribution in [0.1, 0.15) is 10.4 Å². The van der Waals surface area contributed by atoms with Crippen LogP contribution in [0.25, 0.3) is 10.9 Å². The van der Waals surface area contributed by atoms with Crippen LogP contribution < -0.4 is 10.9 Å². The van der Waals surface area contributed by atoms with E-state index in [0.29, 0.717) is 0 Å². The van der Waals surface area contributed by atoms with E-state index in [4.69, 9.17) is 0 Å². The SMILES string of the molecule is O=C(NF)c1cccnc1Nc1ccnc2ccccc12. The lowest BCUT2D eigenvalue weighted by molar-refractivity contribution is 0.0860. The normalized spacial score (nSPS) is 10.3. The smallest absolute Gasteiger partial charge is 0.282 e. The highest BCUT2D eigenvalue weighted by Gasteiger charge is 2.13. The molecule has 2 aromatic heterocycles. The lowest BCUT2D eigenvalue weighted by atomic mass is 10.1. The minimum atomic E-state index is -0.844. The van der Waals surface area contributed by atoms with E-state index in [0.717, 1.165) is 22.1 Å². The first-order chi connectivity index (χ1) is 10.3. The van der Waals surface area contributed by atoms with Crippen molar-refractivity contribution in [1.82, 2.24) is 15.5 Å². The quantitative estimate of drug-likeness (QED) is 0.725. The third kappa shape index (κ3) is 2.51. The van der Waals surface area contributed by atoms with Crippen molar-refractivity contribution in [2.75, 3.05) is 5.32 Å². The predicted octanol–water partition coefficient (Wildman–Crippen LogP) is 2.99. The molecular formula is C15H11FN4O. The topological polar surface area (TPSA) is 66.9 Å². The van der Waals surface area contributed by atoms with E-state index in [-0.39, 0.29) is 11.4 Å². The van der Waals surface area contributed by atoms with Crippen LogP contribution in [0.5, 0.6) is 0 Å². The highest BCUT2D eigenvalue weighted by molar-refractivity contribution is 6.00. The Balaban J connectivity index is 2.05. The van der Waals surface area contributed by atoms with Gasteiger partial charge in [-0.3, -0.25) is 9.78 Å². The standard InChI is InChI=1S/C15H11FN4O/c16-20-15(21)11-5-3-8-18-14(11)19-13-7-9-17-12-6-2-1-4-10(12)13/h1-9H,(H,20,21)(H,17,18,19). The number of pyridine rings is 2. The third-order valence-corrected chi connectivity index (χ3v) is 3.04. The Bertz CT molecular complexity index is 801. The molecule has 1 amide bonds. The number of aromatic nitrogens is 2. The largest absolute Gasteiger partial charge is 0.339 e. The number of fused-ring (bicyclic) bond motifs is 1. The highest BCUT2D eigenvalue weighted by atomic mass is 19.2. The second kappa shape index (κ2) is 5.54. The number of hydrogen-bond donors (Lipinski definition) is 2. The lowest BCUT2D eigenvalue weighted by Crippen LogP contribution is -2.16. The molecule has 0 spiro atoms. The molecule has 0 saturated carbocycles. The van der Waals surface area contributed by atoms with E-state index in [2.05, 4.69) is 15.3 Å². The lowest BCUT2D eigenvalue weighted by Gasteiger charge is -2.11. The van der Waals surface area contributed by atoms with Gasteiger partial charge in [-0.05, 0) is 24.3 Å². The van der Waals surface area contributed by atoms with Gasteiger partial charge in [-0.15, -0.1) is 0 Å². The van der Waals surface area contributed by atoms with Gasteiger partial charge in [-0.2, -0.15) is 5.54 Å². The van der Waals surface area contributed by atoms with Gasteiger partial charge in [0.1, 0.15) is 5.82 Å². The van der Waals surface area contributed by atoms with Crippen molar-refractivity contribution < 1.29 is 9.28 Å². The fourth-order valence-corrected chi connectivity index (χ4v) is 2.07. The fraction of sp³-hybridized carbons (Fsp3) is 0. The first-order valence-electron chi connectivity index (χ1n) is 6.26. The summed E-state index contributed by atoms with van der Waals surface area (Å²) in [5.41, 5.74) is 2.80. The number of nitrogens with zero attached hydrogens (tertiary/aromatic N) is 2. The molecule has 104 valence electrons. The van der Waals surface area contributed by atoms with E-state index < -0.39 is 5.91 Å². The summed E-state index contributed by atoms with van der Waals surface area (Å²) in [5, 5.41) is 3.94. The van der Waals surface area contributed by atoms with Crippen molar-refractivity contribution in [1.29, 1.82) is 0 Å². The molecular weight excluding hydrogens is 271 g/mol. The minimum Gasteiger partial charge on any atom is -0.339 e. The molecule has 2 N–H and O–H groups in total. The van der Waals surface area contributed by atoms with E-state index in [1.54, 1.807) is 18.3 Å². The Morgan fingerprint density at radius 3 is 2.71 bits per heavy atom. The first-order valence-corrected chi connectivity index (χ1v) is 6.26. The zero-order valence-electron chi connectivity index (χ0n) is 10.9. The van der Waals surface area contributed by atoms with Crippen molar-refractivity contribution in [3.63, 3.8) is 0 Å². The number of hydrogen-bond acceptors (Lipinski definition) is 4. The summed E-state index contributed by atoms with van der Waals surface area (Å²) in [4.78, 5) is 19.9. The predicted molar refractivity (Wildman–Crippen MR) is 77.8 cm³/mol. The van der Waals surface area contributed by atoms with Gasteiger partial charge in [-0.25, -0.2) is 4.98 Å². The Morgan fingerprint density at radius 1 is 1.00 bits per heavy atom. The summed E-state index contributed by atoms with van der Waals surface area (Å²) in [6, 6.07) is 12.4. The van der Waals surface area contributed by atoms with Crippen molar-refractivity contribution in [2.24, 2.45) is 0 Å². The third-order valence-electron chi connectivity index (χ3n) is 3.04. The van der Waals surface area contributed by atoms with Gasteiger partial charge in [0.15, 0.2) is 0 Å². The van der Waals surface area contributed by atoms with Crippen molar-refractivity contribution in [3.8, 4) is 0 Å². The number of para-hydroxylation sites is 1. The molecule has 0 aliphatic carbocycles. The Hall–Kier alpha value is -3.02. The number of nitrogens with one attached hydrogen (secondary N) is 2. The Labute approximate surface area is 119 Å². The summed E-state index contributed by atoms with van der Waals surface area (Å²) in [6.45, 7) is 0. The molecule has 5 nitrogen and oxygen atoms in total. The summed E-state index contributed by atoms with van der Waals surface area (Å²) in [6.07, 6.45) is 3.18. The molecule has 0 aliphatic rings. The number of halogens is 1. The number of anilines is 2. The molecule has 6 heteroatoms. The van der Waals surface area contributed by atoms with Crippen LogP contribution >= 0.6 is 0 Å². The summed E-state index contributed by atoms with van der Waals surface area (Å²) in [7, 11) is 0. The molecule has 21 heavy (non-hydrogen) atoms. The minimum absolute atomic E-state index is 0.126. The van der Waals surface area contributed by atoms with Crippen LogP contribution in [-0.2, 0) is 0 Å². The summed E-state index contributed by atoms with van der Waals surface area (Å²) >= 11 is 0. The molecule has 2 heterocycles. The molecule has 0 saturated heterocycles. The van der Waals surface area contributed by atoms with Crippen LogP contribution in [0.2, 0.25) is 0 Å². The maximum absolute atomic E-state index is 12.4. The molecule has 1 aromatic carbocycles. The highest BCUT2D eigenvalue weighted by Crippen LogP contribution is 2.25. The number of benzene rings is 1. The number of amides is 1. The van der Waals surface area contributed by atoms with Gasteiger partial charge in [0, 0.05) is 17.8 Å². The van der Waals surface area contributed by atoms with Crippen LogP contribution in [0.15, 0.2) is 54.9 Å². The van der Waals surface area contributed by atoms with Gasteiger partial charge in [0.05, 0.1) is 16.8 Å². The molecule has 0 radical (unpaired) electrons. The molecule has 0 unspecified atom stereocenters. The van der Waals surface area contributed by atoms with Crippen LogP contribution in [0.4, 0.5) is 16.0 Å². The Morgan fingerprint density at radius 2 is 1.86 bits per heavy atom. The fourth-order valence-electron chi connectivity index (χ4n) is 2.07. The maximum atomic E-state index is 12.4. The first kappa shape index (κ1) is 13.0. The van der Waals surface area contributed by atoms with E-state index >= 15 is 0 Å². The zero-order chi connectivity index (χ0) is 14.7. The second-order valence-electron chi connectivity index (χ2n) is 4.32. The van der Waals surface area contributed by atoms with Gasteiger partial charge in [0.2, 0.25) is 0 Å². The molecule has 3 rings (SSSR count). The summed E-state index contributed by atoms with van der Waals surface area (Å²) < 4.78 is 12.4. The zero-order valence-corrected chi connectivity index (χ0v) is 10.9. The van der Waals surface area contributed by atoms with E-state index in [1.807, 2.05) is 24.3 Å². The van der Waals surface area contributed by atoms with Crippen molar-refractivity contribution in [2.45, 2.75) is 0 Å². The van der Waals surface area contributed by atoms with Gasteiger partial charge < -0.3 is 5.32 Å². The molecule has 3 aromatic rings. The van der Waals surface area contributed by atoms with Gasteiger partial charge in [0.25, 0.3) is 5.91 Å². The average Bonchev–Trinajstić information content (AvgIpc) is 2.55. The van der Waals surface area contributed by atoms with Crippen LogP contribution in [0, 0.1) is 0 Å². The van der Waals surface area contributed by atoms with E-state index in [1.165, 1.54) is 12.3 Å². The van der Waals surface area contributed by atoms with Gasteiger partial charge in [-0.1, -0.05) is 22.7 Å². The number of rotatable bonds is 3. The second-order valence-corrected chi connectivity index (χ2v) is 4.32. The van der Waals surface area contributed by atoms with E-state index in [9.17, 15) is 9.28 Å². The molecule has 0 bridgehead atoms. The average molecular weight is 282 g/mol. The maximum Gasteiger partial charge on any atom is 0.282 e. The molecule has 0 fully saturated rings. The number of carbonyl (C=O) groups is 1.